The van der Waals surface area contributed by atoms with Crippen LogP contribution in [0.4, 0.5) is 23.2 Å². The lowest BCUT2D eigenvalue weighted by molar-refractivity contribution is -0.140. The number of carbonyl (C=O) groups is 1. The molecule has 3 nitrogen and oxygen atoms in total. The summed E-state index contributed by atoms with van der Waals surface area (Å²) in [5.41, 5.74) is 4.96. The Morgan fingerprint density at radius 1 is 1.37 bits per heavy atom. The molecule has 0 aliphatic carbocycles. The van der Waals surface area contributed by atoms with Crippen LogP contribution in [0.1, 0.15) is 23.7 Å². The van der Waals surface area contributed by atoms with Crippen molar-refractivity contribution in [3.63, 3.8) is 0 Å². The number of amides is 1. The maximum absolute atomic E-state index is 13.0. The van der Waals surface area contributed by atoms with Crippen molar-refractivity contribution in [2.75, 3.05) is 18.8 Å². The summed E-state index contributed by atoms with van der Waals surface area (Å²) in [6, 6.07) is 3.12. The summed E-state index contributed by atoms with van der Waals surface area (Å²) in [5, 5.41) is 0. The fourth-order valence-corrected chi connectivity index (χ4v) is 1.60. The van der Waals surface area contributed by atoms with E-state index in [1.54, 1.807) is 6.92 Å². The molecule has 0 radical (unpaired) electrons. The molecular formula is C12H14F4N2O. The minimum absolute atomic E-state index is 0.0321. The van der Waals surface area contributed by atoms with Crippen molar-refractivity contribution in [3.8, 4) is 0 Å². The minimum Gasteiger partial charge on any atom is -0.396 e. The van der Waals surface area contributed by atoms with E-state index in [4.69, 9.17) is 5.73 Å². The Hall–Kier alpha value is -1.79. The molecule has 7 heteroatoms. The van der Waals surface area contributed by atoms with Crippen molar-refractivity contribution in [1.29, 1.82) is 0 Å². The molecule has 1 rings (SSSR count). The standard InChI is InChI=1S/C12H14F4N2O/c1-2-5-18(7-12(14,15)16)11(19)8-3-4-9(13)10(17)6-8/h3-4,6H,2,5,7,17H2,1H3. The molecule has 2 N–H and O–H groups in total. The average molecular weight is 278 g/mol. The zero-order valence-corrected chi connectivity index (χ0v) is 10.3. The first-order chi connectivity index (χ1) is 8.74. The number of halogens is 4. The van der Waals surface area contributed by atoms with E-state index >= 15 is 0 Å². The second-order valence-electron chi connectivity index (χ2n) is 4.08. The molecule has 0 aromatic heterocycles. The van der Waals surface area contributed by atoms with Gasteiger partial charge in [0, 0.05) is 12.1 Å². The zero-order valence-electron chi connectivity index (χ0n) is 10.3. The van der Waals surface area contributed by atoms with E-state index in [-0.39, 0.29) is 17.8 Å². The molecule has 0 fully saturated rings. The van der Waals surface area contributed by atoms with Crippen LogP contribution in [-0.4, -0.2) is 30.1 Å². The highest BCUT2D eigenvalue weighted by Crippen LogP contribution is 2.20. The first kappa shape index (κ1) is 15.3. The lowest BCUT2D eigenvalue weighted by atomic mass is 10.1. The van der Waals surface area contributed by atoms with Gasteiger partial charge in [-0.05, 0) is 24.6 Å². The second kappa shape index (κ2) is 5.90. The predicted molar refractivity (Wildman–Crippen MR) is 63.1 cm³/mol. The fourth-order valence-electron chi connectivity index (χ4n) is 1.60. The normalized spacial score (nSPS) is 11.4. The third-order valence-electron chi connectivity index (χ3n) is 2.39. The van der Waals surface area contributed by atoms with Gasteiger partial charge in [0.1, 0.15) is 12.4 Å². The molecule has 1 amide bonds. The summed E-state index contributed by atoms with van der Waals surface area (Å²) < 4.78 is 50.1. The Kier molecular flexibility index (Phi) is 4.74. The highest BCUT2D eigenvalue weighted by molar-refractivity contribution is 5.95. The Morgan fingerprint density at radius 2 is 2.00 bits per heavy atom. The minimum atomic E-state index is -4.48. The number of hydrogen-bond acceptors (Lipinski definition) is 2. The predicted octanol–water partition coefficient (Wildman–Crippen LogP) is 2.82. The van der Waals surface area contributed by atoms with E-state index in [0.717, 1.165) is 18.2 Å². The number of hydrogen-bond donors (Lipinski definition) is 1. The molecule has 0 atom stereocenters. The van der Waals surface area contributed by atoms with Crippen LogP contribution in [0.3, 0.4) is 0 Å². The first-order valence-electron chi connectivity index (χ1n) is 5.65. The van der Waals surface area contributed by atoms with E-state index in [1.807, 2.05) is 0 Å². The van der Waals surface area contributed by atoms with Crippen molar-refractivity contribution in [3.05, 3.63) is 29.6 Å². The monoisotopic (exact) mass is 278 g/mol. The van der Waals surface area contributed by atoms with Gasteiger partial charge in [-0.3, -0.25) is 4.79 Å². The summed E-state index contributed by atoms with van der Waals surface area (Å²) in [6.45, 7) is 0.294. The van der Waals surface area contributed by atoms with Crippen LogP contribution in [0.5, 0.6) is 0 Å². The topological polar surface area (TPSA) is 46.3 Å². The number of nitrogens with zero attached hydrogens (tertiary/aromatic N) is 1. The van der Waals surface area contributed by atoms with Gasteiger partial charge in [-0.2, -0.15) is 13.2 Å². The maximum atomic E-state index is 13.0. The molecule has 0 saturated carbocycles. The number of alkyl halides is 3. The van der Waals surface area contributed by atoms with Crippen LogP contribution in [-0.2, 0) is 0 Å². The number of benzene rings is 1. The van der Waals surface area contributed by atoms with E-state index in [2.05, 4.69) is 0 Å². The molecule has 106 valence electrons. The van der Waals surface area contributed by atoms with Crippen LogP contribution >= 0.6 is 0 Å². The molecule has 0 unspecified atom stereocenters. The Balaban J connectivity index is 2.95. The summed E-state index contributed by atoms with van der Waals surface area (Å²) in [4.78, 5) is 12.6. The van der Waals surface area contributed by atoms with Crippen LogP contribution in [0.2, 0.25) is 0 Å². The molecule has 0 aliphatic rings. The molecular weight excluding hydrogens is 264 g/mol. The fraction of sp³-hybridized carbons (Fsp3) is 0.417. The lowest BCUT2D eigenvalue weighted by Gasteiger charge is -2.23. The molecule has 0 spiro atoms. The summed E-state index contributed by atoms with van der Waals surface area (Å²) >= 11 is 0. The van der Waals surface area contributed by atoms with Gasteiger partial charge in [-0.1, -0.05) is 6.92 Å². The second-order valence-corrected chi connectivity index (χ2v) is 4.08. The maximum Gasteiger partial charge on any atom is 0.406 e. The molecule has 0 saturated heterocycles. The summed E-state index contributed by atoms with van der Waals surface area (Å²) in [7, 11) is 0. The SMILES string of the molecule is CCCN(CC(F)(F)F)C(=O)c1ccc(F)c(N)c1. The number of carbonyl (C=O) groups excluding carboxylic acids is 1. The Labute approximate surface area is 108 Å². The molecule has 1 aromatic carbocycles. The number of rotatable bonds is 4. The van der Waals surface area contributed by atoms with E-state index in [0.29, 0.717) is 11.3 Å². The smallest absolute Gasteiger partial charge is 0.396 e. The van der Waals surface area contributed by atoms with Crippen LogP contribution in [0.15, 0.2) is 18.2 Å². The van der Waals surface area contributed by atoms with Gasteiger partial charge < -0.3 is 10.6 Å². The third kappa shape index (κ3) is 4.42. The molecule has 0 aliphatic heterocycles. The zero-order chi connectivity index (χ0) is 14.6. The largest absolute Gasteiger partial charge is 0.406 e. The van der Waals surface area contributed by atoms with Crippen molar-refractivity contribution >= 4 is 11.6 Å². The van der Waals surface area contributed by atoms with E-state index in [9.17, 15) is 22.4 Å². The summed E-state index contributed by atoms with van der Waals surface area (Å²) in [5.74, 6) is -1.53. The van der Waals surface area contributed by atoms with Crippen molar-refractivity contribution in [2.24, 2.45) is 0 Å². The van der Waals surface area contributed by atoms with Gasteiger partial charge in [0.2, 0.25) is 0 Å². The lowest BCUT2D eigenvalue weighted by Crippen LogP contribution is -2.39. The highest BCUT2D eigenvalue weighted by atomic mass is 19.4. The van der Waals surface area contributed by atoms with Crippen LogP contribution in [0, 0.1) is 5.82 Å². The Bertz CT molecular complexity index is 460. The van der Waals surface area contributed by atoms with Gasteiger partial charge in [0.05, 0.1) is 5.69 Å². The van der Waals surface area contributed by atoms with Gasteiger partial charge in [-0.15, -0.1) is 0 Å². The third-order valence-corrected chi connectivity index (χ3v) is 2.39. The van der Waals surface area contributed by atoms with E-state index < -0.39 is 24.4 Å². The summed E-state index contributed by atoms with van der Waals surface area (Å²) in [6.07, 6.45) is -4.09. The van der Waals surface area contributed by atoms with Crippen LogP contribution in [0.25, 0.3) is 0 Å². The first-order valence-corrected chi connectivity index (χ1v) is 5.65. The van der Waals surface area contributed by atoms with Gasteiger partial charge >= 0.3 is 6.18 Å². The average Bonchev–Trinajstić information content (AvgIpc) is 2.29. The molecule has 19 heavy (non-hydrogen) atoms. The number of anilines is 1. The molecule has 0 heterocycles. The number of nitrogens with two attached hydrogens (primary N) is 1. The van der Waals surface area contributed by atoms with Crippen LogP contribution < -0.4 is 5.73 Å². The molecule has 1 aromatic rings. The van der Waals surface area contributed by atoms with Gasteiger partial charge in [-0.25, -0.2) is 4.39 Å². The molecule has 0 bridgehead atoms. The van der Waals surface area contributed by atoms with Crippen molar-refractivity contribution in [1.82, 2.24) is 4.90 Å². The van der Waals surface area contributed by atoms with Gasteiger partial charge in [0.15, 0.2) is 0 Å². The van der Waals surface area contributed by atoms with E-state index in [1.165, 1.54) is 0 Å². The Morgan fingerprint density at radius 3 is 2.47 bits per heavy atom. The number of nitrogen functional groups attached to an aromatic ring is 1. The quantitative estimate of drug-likeness (QED) is 0.680. The highest BCUT2D eigenvalue weighted by Gasteiger charge is 2.33. The van der Waals surface area contributed by atoms with Crippen molar-refractivity contribution in [2.45, 2.75) is 19.5 Å². The van der Waals surface area contributed by atoms with Crippen molar-refractivity contribution < 1.29 is 22.4 Å². The van der Waals surface area contributed by atoms with Gasteiger partial charge in [0.25, 0.3) is 5.91 Å².